The molecule has 0 saturated heterocycles. The number of carbonyl (C=O) groups excluding carboxylic acids is 1. The molecule has 3 aromatic rings. The van der Waals surface area contributed by atoms with Crippen LogP contribution in [0.5, 0.6) is 0 Å². The van der Waals surface area contributed by atoms with E-state index in [2.05, 4.69) is 15.3 Å². The summed E-state index contributed by atoms with van der Waals surface area (Å²) >= 11 is 13.5. The summed E-state index contributed by atoms with van der Waals surface area (Å²) in [7, 11) is 0. The summed E-state index contributed by atoms with van der Waals surface area (Å²) in [5.41, 5.74) is 1.24. The molecule has 0 aliphatic heterocycles. The Morgan fingerprint density at radius 1 is 1.27 bits per heavy atom. The van der Waals surface area contributed by atoms with E-state index in [0.29, 0.717) is 31.7 Å². The van der Waals surface area contributed by atoms with Gasteiger partial charge in [-0.25, -0.2) is 9.97 Å². The van der Waals surface area contributed by atoms with Crippen LogP contribution in [0.1, 0.15) is 37.3 Å². The number of thioether (sulfide) groups is 1. The molecule has 0 unspecified atom stereocenters. The summed E-state index contributed by atoms with van der Waals surface area (Å²) in [6, 6.07) is 7.44. The molecule has 1 aliphatic carbocycles. The molecular formula is C21H20Cl2N4O2S. The average Bonchev–Trinajstić information content (AvgIpc) is 3.27. The molecule has 6 nitrogen and oxygen atoms in total. The number of amides is 1. The maximum absolute atomic E-state index is 13.2. The zero-order valence-electron chi connectivity index (χ0n) is 16.3. The third kappa shape index (κ3) is 4.19. The van der Waals surface area contributed by atoms with E-state index in [1.165, 1.54) is 18.0 Å². The molecule has 1 aromatic carbocycles. The molecule has 4 rings (SSSR count). The number of aromatic nitrogens is 3. The van der Waals surface area contributed by atoms with Gasteiger partial charge in [0, 0.05) is 12.2 Å². The maximum atomic E-state index is 13.2. The number of hydrogen-bond donors (Lipinski definition) is 1. The monoisotopic (exact) mass is 462 g/mol. The van der Waals surface area contributed by atoms with E-state index in [-0.39, 0.29) is 29.1 Å². The average molecular weight is 463 g/mol. The fourth-order valence-electron chi connectivity index (χ4n) is 3.65. The first kappa shape index (κ1) is 21.2. The lowest BCUT2D eigenvalue weighted by Crippen LogP contribution is -2.27. The van der Waals surface area contributed by atoms with Gasteiger partial charge in [-0.05, 0) is 37.5 Å². The Balaban J connectivity index is 1.59. The van der Waals surface area contributed by atoms with Crippen molar-refractivity contribution in [1.82, 2.24) is 14.5 Å². The molecule has 0 radical (unpaired) electrons. The van der Waals surface area contributed by atoms with E-state index in [4.69, 9.17) is 23.2 Å². The van der Waals surface area contributed by atoms with Crippen LogP contribution >= 0.6 is 35.0 Å². The molecule has 30 heavy (non-hydrogen) atoms. The van der Waals surface area contributed by atoms with Gasteiger partial charge in [-0.3, -0.25) is 14.2 Å². The number of fused-ring (bicyclic) bond motifs is 1. The van der Waals surface area contributed by atoms with Crippen molar-refractivity contribution < 1.29 is 4.79 Å². The van der Waals surface area contributed by atoms with Gasteiger partial charge in [0.1, 0.15) is 0 Å². The standard InChI is InChI=1S/C21H20Cl2N4O2S/c1-12-15(22)10-24-19(18(12)23)26-17(28)11-30-21-25-16-9-5-4-8-14(16)20(29)27(21)13-6-2-3-7-13/h4-5,8-10,13H,2-3,6-7,11H2,1H3,(H,24,26,28). The third-order valence-corrected chi connectivity index (χ3v) is 7.05. The zero-order chi connectivity index (χ0) is 21.3. The number of nitrogens with zero attached hydrogens (tertiary/aromatic N) is 3. The molecule has 2 aromatic heterocycles. The van der Waals surface area contributed by atoms with Crippen molar-refractivity contribution in [3.63, 3.8) is 0 Å². The van der Waals surface area contributed by atoms with E-state index in [1.807, 2.05) is 18.2 Å². The number of benzene rings is 1. The number of para-hydroxylation sites is 1. The van der Waals surface area contributed by atoms with Crippen LogP contribution in [0.15, 0.2) is 40.4 Å². The van der Waals surface area contributed by atoms with Crippen molar-refractivity contribution in [2.45, 2.75) is 43.8 Å². The highest BCUT2D eigenvalue weighted by Gasteiger charge is 2.23. The Morgan fingerprint density at radius 2 is 2.00 bits per heavy atom. The maximum Gasteiger partial charge on any atom is 0.262 e. The van der Waals surface area contributed by atoms with Gasteiger partial charge in [-0.2, -0.15) is 0 Å². The molecule has 1 aliphatic rings. The van der Waals surface area contributed by atoms with Crippen molar-refractivity contribution in [3.8, 4) is 0 Å². The lowest BCUT2D eigenvalue weighted by molar-refractivity contribution is -0.113. The molecule has 1 N–H and O–H groups in total. The largest absolute Gasteiger partial charge is 0.309 e. The SMILES string of the molecule is Cc1c(Cl)cnc(NC(=O)CSc2nc3ccccc3c(=O)n2C2CCCC2)c1Cl. The quantitative estimate of drug-likeness (QED) is 0.413. The molecule has 1 amide bonds. The van der Waals surface area contributed by atoms with Crippen molar-refractivity contribution >= 4 is 57.6 Å². The van der Waals surface area contributed by atoms with Gasteiger partial charge in [0.25, 0.3) is 5.56 Å². The van der Waals surface area contributed by atoms with E-state index in [9.17, 15) is 9.59 Å². The second-order valence-electron chi connectivity index (χ2n) is 7.26. The Kier molecular flexibility index (Phi) is 6.32. The summed E-state index contributed by atoms with van der Waals surface area (Å²) in [5.74, 6) is 0.0669. The van der Waals surface area contributed by atoms with Gasteiger partial charge in [0.2, 0.25) is 5.91 Å². The topological polar surface area (TPSA) is 76.9 Å². The third-order valence-electron chi connectivity index (χ3n) is 5.26. The first-order valence-electron chi connectivity index (χ1n) is 9.70. The zero-order valence-corrected chi connectivity index (χ0v) is 18.7. The molecule has 0 atom stereocenters. The Hall–Kier alpha value is -2.09. The minimum absolute atomic E-state index is 0.0477. The van der Waals surface area contributed by atoms with Crippen molar-refractivity contribution in [3.05, 3.63) is 56.4 Å². The van der Waals surface area contributed by atoms with E-state index in [0.717, 1.165) is 25.7 Å². The van der Waals surface area contributed by atoms with E-state index >= 15 is 0 Å². The smallest absolute Gasteiger partial charge is 0.262 e. The van der Waals surface area contributed by atoms with Crippen molar-refractivity contribution in [2.24, 2.45) is 0 Å². The van der Waals surface area contributed by atoms with Crippen LogP contribution in [0.2, 0.25) is 10.0 Å². The predicted molar refractivity (Wildman–Crippen MR) is 122 cm³/mol. The number of halogens is 2. The molecule has 0 spiro atoms. The number of rotatable bonds is 5. The molecular weight excluding hydrogens is 443 g/mol. The minimum Gasteiger partial charge on any atom is -0.309 e. The molecule has 1 fully saturated rings. The van der Waals surface area contributed by atoms with Crippen molar-refractivity contribution in [2.75, 3.05) is 11.1 Å². The van der Waals surface area contributed by atoms with Crippen LogP contribution in [0.4, 0.5) is 5.82 Å². The summed E-state index contributed by atoms with van der Waals surface area (Å²) in [5, 5.41) is 4.63. The highest BCUT2D eigenvalue weighted by atomic mass is 35.5. The van der Waals surface area contributed by atoms with Gasteiger partial charge >= 0.3 is 0 Å². The van der Waals surface area contributed by atoms with Gasteiger partial charge in [-0.15, -0.1) is 0 Å². The van der Waals surface area contributed by atoms with Crippen LogP contribution in [0.25, 0.3) is 10.9 Å². The van der Waals surface area contributed by atoms with Crippen LogP contribution in [0.3, 0.4) is 0 Å². The summed E-state index contributed by atoms with van der Waals surface area (Å²) in [4.78, 5) is 34.5. The first-order valence-corrected chi connectivity index (χ1v) is 11.4. The first-order chi connectivity index (χ1) is 14.5. The van der Waals surface area contributed by atoms with E-state index in [1.54, 1.807) is 17.6 Å². The Bertz CT molecular complexity index is 1180. The van der Waals surface area contributed by atoms with Gasteiger partial charge in [-0.1, -0.05) is 59.9 Å². The fourth-order valence-corrected chi connectivity index (χ4v) is 4.91. The minimum atomic E-state index is -0.281. The summed E-state index contributed by atoms with van der Waals surface area (Å²) in [6.07, 6.45) is 5.53. The highest BCUT2D eigenvalue weighted by Crippen LogP contribution is 2.32. The number of hydrogen-bond acceptors (Lipinski definition) is 5. The number of pyridine rings is 1. The van der Waals surface area contributed by atoms with E-state index < -0.39 is 0 Å². The summed E-state index contributed by atoms with van der Waals surface area (Å²) < 4.78 is 1.77. The highest BCUT2D eigenvalue weighted by molar-refractivity contribution is 7.99. The molecule has 156 valence electrons. The Labute approximate surface area is 188 Å². The van der Waals surface area contributed by atoms with Gasteiger partial charge in [0.05, 0.1) is 26.7 Å². The lowest BCUT2D eigenvalue weighted by atomic mass is 10.2. The van der Waals surface area contributed by atoms with Crippen LogP contribution in [0, 0.1) is 6.92 Å². The second kappa shape index (κ2) is 8.96. The van der Waals surface area contributed by atoms with Crippen LogP contribution in [-0.4, -0.2) is 26.2 Å². The second-order valence-corrected chi connectivity index (χ2v) is 8.98. The lowest BCUT2D eigenvalue weighted by Gasteiger charge is -2.18. The van der Waals surface area contributed by atoms with Crippen molar-refractivity contribution in [1.29, 1.82) is 0 Å². The number of anilines is 1. The Morgan fingerprint density at radius 3 is 2.77 bits per heavy atom. The normalized spacial score (nSPS) is 14.4. The van der Waals surface area contributed by atoms with Crippen LogP contribution < -0.4 is 10.9 Å². The fraction of sp³-hybridized carbons (Fsp3) is 0.333. The molecule has 9 heteroatoms. The van der Waals surface area contributed by atoms with Gasteiger partial charge in [0.15, 0.2) is 11.0 Å². The molecule has 0 bridgehead atoms. The number of carbonyl (C=O) groups is 1. The number of nitrogens with one attached hydrogen (secondary N) is 1. The molecule has 1 saturated carbocycles. The van der Waals surface area contributed by atoms with Gasteiger partial charge < -0.3 is 5.32 Å². The summed E-state index contributed by atoms with van der Waals surface area (Å²) in [6.45, 7) is 1.76. The van der Waals surface area contributed by atoms with Crippen LogP contribution in [-0.2, 0) is 4.79 Å². The predicted octanol–water partition coefficient (Wildman–Crippen LogP) is 5.25. The molecule has 2 heterocycles.